The molecule has 0 aromatic heterocycles. The highest BCUT2D eigenvalue weighted by atomic mass is 16.5. The Kier molecular flexibility index (Phi) is 4.45. The van der Waals surface area contributed by atoms with Crippen molar-refractivity contribution >= 4 is 17.5 Å². The Labute approximate surface area is 108 Å². The van der Waals surface area contributed by atoms with Crippen molar-refractivity contribution in [2.45, 2.75) is 25.7 Å². The summed E-state index contributed by atoms with van der Waals surface area (Å²) < 4.78 is 4.56. The predicted octanol–water partition coefficient (Wildman–Crippen LogP) is 3.25. The predicted molar refractivity (Wildman–Crippen MR) is 73.2 cm³/mol. The molecule has 0 saturated carbocycles. The Morgan fingerprint density at radius 2 is 1.72 bits per heavy atom. The van der Waals surface area contributed by atoms with Crippen molar-refractivity contribution in [2.75, 3.05) is 30.4 Å². The molecule has 1 saturated heterocycles. The van der Waals surface area contributed by atoms with Crippen LogP contribution in [-0.2, 0) is 4.74 Å². The molecule has 1 aliphatic rings. The molecule has 98 valence electrons. The van der Waals surface area contributed by atoms with E-state index in [1.807, 2.05) is 12.1 Å². The zero-order chi connectivity index (χ0) is 12.8. The Hall–Kier alpha value is -1.71. The largest absolute Gasteiger partial charge is 0.453 e. The molecule has 1 fully saturated rings. The number of nitrogens with one attached hydrogen (secondary N) is 1. The lowest BCUT2D eigenvalue weighted by Gasteiger charge is -2.22. The number of anilines is 2. The summed E-state index contributed by atoms with van der Waals surface area (Å²) >= 11 is 0. The molecule has 18 heavy (non-hydrogen) atoms. The maximum Gasteiger partial charge on any atom is 0.411 e. The lowest BCUT2D eigenvalue weighted by Crippen LogP contribution is -2.23. The number of hydrogen-bond donors (Lipinski definition) is 1. The average molecular weight is 248 g/mol. The maximum absolute atomic E-state index is 11.1. The van der Waals surface area contributed by atoms with Crippen LogP contribution >= 0.6 is 0 Å². The van der Waals surface area contributed by atoms with Crippen LogP contribution in [0.3, 0.4) is 0 Å². The molecule has 1 aromatic rings. The molecule has 4 nitrogen and oxygen atoms in total. The van der Waals surface area contributed by atoms with Crippen LogP contribution < -0.4 is 10.2 Å². The van der Waals surface area contributed by atoms with E-state index < -0.39 is 6.09 Å². The lowest BCUT2D eigenvalue weighted by molar-refractivity contribution is 0.187. The number of methoxy groups -OCH3 is 1. The fourth-order valence-electron chi connectivity index (χ4n) is 2.25. The molecule has 1 aromatic carbocycles. The van der Waals surface area contributed by atoms with E-state index in [0.717, 1.165) is 18.8 Å². The molecule has 2 rings (SSSR count). The van der Waals surface area contributed by atoms with Crippen molar-refractivity contribution in [3.63, 3.8) is 0 Å². The van der Waals surface area contributed by atoms with Crippen LogP contribution in [0.25, 0.3) is 0 Å². The van der Waals surface area contributed by atoms with Crippen LogP contribution in [0.2, 0.25) is 0 Å². The number of nitrogens with zero attached hydrogens (tertiary/aromatic N) is 1. The Morgan fingerprint density at radius 1 is 1.11 bits per heavy atom. The minimum Gasteiger partial charge on any atom is -0.453 e. The van der Waals surface area contributed by atoms with Gasteiger partial charge in [-0.05, 0) is 37.1 Å². The van der Waals surface area contributed by atoms with Gasteiger partial charge in [0.15, 0.2) is 0 Å². The van der Waals surface area contributed by atoms with Crippen molar-refractivity contribution in [3.8, 4) is 0 Å². The zero-order valence-corrected chi connectivity index (χ0v) is 10.8. The molecule has 0 bridgehead atoms. The molecule has 0 radical (unpaired) electrons. The van der Waals surface area contributed by atoms with Crippen molar-refractivity contribution in [1.82, 2.24) is 0 Å². The Balaban J connectivity index is 1.99. The SMILES string of the molecule is COC(=O)Nc1ccc(N2CCCCCC2)cc1. The smallest absolute Gasteiger partial charge is 0.411 e. The molecular weight excluding hydrogens is 228 g/mol. The van der Waals surface area contributed by atoms with Gasteiger partial charge in [0, 0.05) is 24.5 Å². The van der Waals surface area contributed by atoms with Crippen LogP contribution in [0, 0.1) is 0 Å². The minimum atomic E-state index is -0.433. The number of carbonyl (C=O) groups excluding carboxylic acids is 1. The summed E-state index contributed by atoms with van der Waals surface area (Å²) in [6, 6.07) is 7.93. The molecule has 0 spiro atoms. The van der Waals surface area contributed by atoms with Gasteiger partial charge in [-0.1, -0.05) is 12.8 Å². The zero-order valence-electron chi connectivity index (χ0n) is 10.8. The summed E-state index contributed by atoms with van der Waals surface area (Å²) in [6.07, 6.45) is 4.76. The Morgan fingerprint density at radius 3 is 2.28 bits per heavy atom. The van der Waals surface area contributed by atoms with E-state index in [0.29, 0.717) is 0 Å². The number of hydrogen-bond acceptors (Lipinski definition) is 3. The fourth-order valence-corrected chi connectivity index (χ4v) is 2.25. The summed E-state index contributed by atoms with van der Waals surface area (Å²) in [5, 5.41) is 2.65. The van der Waals surface area contributed by atoms with Gasteiger partial charge in [0.2, 0.25) is 0 Å². The van der Waals surface area contributed by atoms with E-state index in [4.69, 9.17) is 0 Å². The average Bonchev–Trinajstić information content (AvgIpc) is 2.68. The van der Waals surface area contributed by atoms with Crippen molar-refractivity contribution in [1.29, 1.82) is 0 Å². The van der Waals surface area contributed by atoms with E-state index in [2.05, 4.69) is 27.1 Å². The number of carbonyl (C=O) groups is 1. The summed E-state index contributed by atoms with van der Waals surface area (Å²) in [4.78, 5) is 13.5. The third-order valence-electron chi connectivity index (χ3n) is 3.27. The van der Waals surface area contributed by atoms with E-state index in [-0.39, 0.29) is 0 Å². The normalized spacial score (nSPS) is 15.9. The van der Waals surface area contributed by atoms with Gasteiger partial charge in [-0.25, -0.2) is 4.79 Å². The monoisotopic (exact) mass is 248 g/mol. The quantitative estimate of drug-likeness (QED) is 0.873. The van der Waals surface area contributed by atoms with Gasteiger partial charge >= 0.3 is 6.09 Å². The number of amides is 1. The summed E-state index contributed by atoms with van der Waals surface area (Å²) in [6.45, 7) is 2.26. The first-order valence-electron chi connectivity index (χ1n) is 6.49. The van der Waals surface area contributed by atoms with E-state index >= 15 is 0 Å². The van der Waals surface area contributed by atoms with Gasteiger partial charge in [0.25, 0.3) is 0 Å². The molecule has 0 aliphatic carbocycles. The summed E-state index contributed by atoms with van der Waals surface area (Å²) in [7, 11) is 1.36. The molecule has 1 aliphatic heterocycles. The maximum atomic E-state index is 11.1. The van der Waals surface area contributed by atoms with Crippen molar-refractivity contribution in [3.05, 3.63) is 24.3 Å². The van der Waals surface area contributed by atoms with Crippen molar-refractivity contribution < 1.29 is 9.53 Å². The first-order valence-corrected chi connectivity index (χ1v) is 6.49. The molecule has 4 heteroatoms. The second-order valence-electron chi connectivity index (χ2n) is 4.56. The third kappa shape index (κ3) is 3.39. The highest BCUT2D eigenvalue weighted by molar-refractivity contribution is 5.84. The lowest BCUT2D eigenvalue weighted by atomic mass is 10.2. The summed E-state index contributed by atoms with van der Waals surface area (Å²) in [5.74, 6) is 0. The fraction of sp³-hybridized carbons (Fsp3) is 0.500. The van der Waals surface area contributed by atoms with E-state index in [1.54, 1.807) is 0 Å². The molecule has 0 atom stereocenters. The number of benzene rings is 1. The first-order chi connectivity index (χ1) is 8.79. The van der Waals surface area contributed by atoms with Gasteiger partial charge in [-0.15, -0.1) is 0 Å². The Bertz CT molecular complexity index is 381. The van der Waals surface area contributed by atoms with Crippen LogP contribution in [0.5, 0.6) is 0 Å². The van der Waals surface area contributed by atoms with Crippen LogP contribution in [0.4, 0.5) is 16.2 Å². The first kappa shape index (κ1) is 12.7. The van der Waals surface area contributed by atoms with E-state index in [1.165, 1.54) is 38.5 Å². The second kappa shape index (κ2) is 6.28. The standard InChI is InChI=1S/C14H20N2O2/c1-18-14(17)15-12-6-8-13(9-7-12)16-10-4-2-3-5-11-16/h6-9H,2-5,10-11H2,1H3,(H,15,17). The van der Waals surface area contributed by atoms with Gasteiger partial charge in [0.05, 0.1) is 7.11 Å². The highest BCUT2D eigenvalue weighted by Gasteiger charge is 2.09. The number of ether oxygens (including phenoxy) is 1. The molecule has 0 unspecified atom stereocenters. The second-order valence-corrected chi connectivity index (χ2v) is 4.56. The molecule has 1 heterocycles. The third-order valence-corrected chi connectivity index (χ3v) is 3.27. The minimum absolute atomic E-state index is 0.433. The molecule has 1 amide bonds. The van der Waals surface area contributed by atoms with Gasteiger partial charge < -0.3 is 9.64 Å². The van der Waals surface area contributed by atoms with Gasteiger partial charge in [-0.3, -0.25) is 5.32 Å². The molecular formula is C14H20N2O2. The van der Waals surface area contributed by atoms with Gasteiger partial charge in [0.1, 0.15) is 0 Å². The highest BCUT2D eigenvalue weighted by Crippen LogP contribution is 2.21. The van der Waals surface area contributed by atoms with E-state index in [9.17, 15) is 4.79 Å². The van der Waals surface area contributed by atoms with Crippen LogP contribution in [0.1, 0.15) is 25.7 Å². The molecule has 1 N–H and O–H groups in total. The number of rotatable bonds is 2. The summed E-state index contributed by atoms with van der Waals surface area (Å²) in [5.41, 5.74) is 1.99. The van der Waals surface area contributed by atoms with Gasteiger partial charge in [-0.2, -0.15) is 0 Å². The van der Waals surface area contributed by atoms with Crippen molar-refractivity contribution in [2.24, 2.45) is 0 Å². The van der Waals surface area contributed by atoms with Crippen LogP contribution in [-0.4, -0.2) is 26.3 Å². The topological polar surface area (TPSA) is 41.6 Å². The van der Waals surface area contributed by atoms with Crippen LogP contribution in [0.15, 0.2) is 24.3 Å².